The second-order valence-electron chi connectivity index (χ2n) is 11.0. The van der Waals surface area contributed by atoms with Gasteiger partial charge >= 0.3 is 0 Å². The van der Waals surface area contributed by atoms with Crippen LogP contribution in [0.4, 0.5) is 0 Å². The predicted octanol–water partition coefficient (Wildman–Crippen LogP) is 4.55. The summed E-state index contributed by atoms with van der Waals surface area (Å²) in [7, 11) is 4.58. The van der Waals surface area contributed by atoms with Gasteiger partial charge in [-0.05, 0) is 119 Å². The Kier molecular flexibility index (Phi) is 3.89. The van der Waals surface area contributed by atoms with Gasteiger partial charge in [0.2, 0.25) is 0 Å². The zero-order chi connectivity index (χ0) is 17.4. The SMILES string of the molecule is CN[C@H]1CC[C@@]2(C)[C@@H](CC[C@@H]3[C@@H]2CC[C@]24CN(C)[C@@H](C)[C@H]2CC[C@@H]34)C1. The molecule has 1 spiro atoms. The van der Waals surface area contributed by atoms with Crippen LogP contribution in [0, 0.1) is 40.4 Å². The molecule has 5 aliphatic rings. The average Bonchev–Trinajstić information content (AvgIpc) is 3.09. The summed E-state index contributed by atoms with van der Waals surface area (Å²) >= 11 is 0. The van der Waals surface area contributed by atoms with Crippen molar-refractivity contribution in [2.24, 2.45) is 40.4 Å². The Morgan fingerprint density at radius 2 is 1.72 bits per heavy atom. The van der Waals surface area contributed by atoms with Crippen LogP contribution >= 0.6 is 0 Å². The van der Waals surface area contributed by atoms with Crippen molar-refractivity contribution in [3.63, 3.8) is 0 Å². The van der Waals surface area contributed by atoms with Gasteiger partial charge in [-0.1, -0.05) is 6.92 Å². The summed E-state index contributed by atoms with van der Waals surface area (Å²) in [6.07, 6.45) is 13.6. The molecule has 2 heteroatoms. The smallest absolute Gasteiger partial charge is 0.00982 e. The van der Waals surface area contributed by atoms with Crippen molar-refractivity contribution in [3.05, 3.63) is 0 Å². The van der Waals surface area contributed by atoms with Crippen molar-refractivity contribution >= 4 is 0 Å². The minimum absolute atomic E-state index is 0.659. The van der Waals surface area contributed by atoms with Crippen LogP contribution < -0.4 is 5.32 Å². The van der Waals surface area contributed by atoms with Crippen LogP contribution in [-0.4, -0.2) is 37.6 Å². The largest absolute Gasteiger partial charge is 0.317 e. The molecule has 9 atom stereocenters. The van der Waals surface area contributed by atoms with Gasteiger partial charge in [0.05, 0.1) is 0 Å². The van der Waals surface area contributed by atoms with Gasteiger partial charge in [-0.2, -0.15) is 0 Å². The van der Waals surface area contributed by atoms with Crippen LogP contribution in [0.1, 0.15) is 71.6 Å². The van der Waals surface area contributed by atoms with Crippen LogP contribution in [0.2, 0.25) is 0 Å². The zero-order valence-corrected chi connectivity index (χ0v) is 17.1. The molecule has 1 aliphatic heterocycles. The molecule has 2 nitrogen and oxygen atoms in total. The molecule has 4 aliphatic carbocycles. The van der Waals surface area contributed by atoms with Crippen LogP contribution in [0.5, 0.6) is 0 Å². The lowest BCUT2D eigenvalue weighted by Gasteiger charge is -2.61. The lowest BCUT2D eigenvalue weighted by Crippen LogP contribution is -2.55. The number of fused-ring (bicyclic) bond motifs is 4. The molecule has 0 aromatic carbocycles. The third-order valence-corrected chi connectivity index (χ3v) is 10.7. The van der Waals surface area contributed by atoms with E-state index >= 15 is 0 Å². The Labute approximate surface area is 155 Å². The molecule has 142 valence electrons. The van der Waals surface area contributed by atoms with E-state index in [1.807, 2.05) is 0 Å². The standard InChI is InChI=1S/C23H40N2/c1-15-19-7-8-21-18-6-5-16-13-17(24-3)9-11-22(16,2)20(18)10-12-23(19,21)14-25(15)4/h15-21,24H,5-14H2,1-4H3/t15-,16-,17-,18+,19+,20-,21-,22-,23-/m0/s1. The van der Waals surface area contributed by atoms with Gasteiger partial charge in [0.25, 0.3) is 0 Å². The van der Waals surface area contributed by atoms with Crippen molar-refractivity contribution in [1.82, 2.24) is 10.2 Å². The van der Waals surface area contributed by atoms with Crippen molar-refractivity contribution in [2.45, 2.75) is 83.7 Å². The molecule has 1 saturated heterocycles. The fourth-order valence-electron chi connectivity index (χ4n) is 9.32. The van der Waals surface area contributed by atoms with Gasteiger partial charge in [0.15, 0.2) is 0 Å². The van der Waals surface area contributed by atoms with E-state index in [0.717, 1.165) is 41.7 Å². The van der Waals surface area contributed by atoms with Gasteiger partial charge in [-0.3, -0.25) is 0 Å². The van der Waals surface area contributed by atoms with Gasteiger partial charge in [-0.15, -0.1) is 0 Å². The molecule has 1 heterocycles. The molecular weight excluding hydrogens is 304 g/mol. The highest BCUT2D eigenvalue weighted by molar-refractivity contribution is 5.15. The first kappa shape index (κ1) is 17.0. The number of hydrogen-bond donors (Lipinski definition) is 1. The number of likely N-dealkylation sites (tertiary alicyclic amines) is 1. The summed E-state index contributed by atoms with van der Waals surface area (Å²) < 4.78 is 0. The van der Waals surface area contributed by atoms with Crippen molar-refractivity contribution < 1.29 is 0 Å². The van der Waals surface area contributed by atoms with Crippen molar-refractivity contribution in [3.8, 4) is 0 Å². The fourth-order valence-corrected chi connectivity index (χ4v) is 9.32. The molecule has 1 N–H and O–H groups in total. The summed E-state index contributed by atoms with van der Waals surface area (Å²) in [4.78, 5) is 2.71. The van der Waals surface area contributed by atoms with Crippen LogP contribution in [-0.2, 0) is 0 Å². The summed E-state index contributed by atoms with van der Waals surface area (Å²) in [5.41, 5.74) is 1.37. The van der Waals surface area contributed by atoms with Gasteiger partial charge in [-0.25, -0.2) is 0 Å². The minimum Gasteiger partial charge on any atom is -0.317 e. The van der Waals surface area contributed by atoms with E-state index in [4.69, 9.17) is 0 Å². The Hall–Kier alpha value is -0.0800. The maximum Gasteiger partial charge on any atom is 0.00982 e. The van der Waals surface area contributed by atoms with E-state index < -0.39 is 0 Å². The van der Waals surface area contributed by atoms with Crippen LogP contribution in [0.3, 0.4) is 0 Å². The normalized spacial score (nSPS) is 58.3. The van der Waals surface area contributed by atoms with E-state index in [-0.39, 0.29) is 0 Å². The maximum absolute atomic E-state index is 3.60. The van der Waals surface area contributed by atoms with Crippen molar-refractivity contribution in [2.75, 3.05) is 20.6 Å². The van der Waals surface area contributed by atoms with E-state index in [1.54, 1.807) is 25.7 Å². The highest BCUT2D eigenvalue weighted by atomic mass is 15.2. The van der Waals surface area contributed by atoms with E-state index in [1.165, 1.54) is 38.6 Å². The van der Waals surface area contributed by atoms with Crippen molar-refractivity contribution in [1.29, 1.82) is 0 Å². The fraction of sp³-hybridized carbons (Fsp3) is 1.00. The zero-order valence-electron chi connectivity index (χ0n) is 17.1. The van der Waals surface area contributed by atoms with E-state index in [2.05, 4.69) is 38.2 Å². The third-order valence-electron chi connectivity index (χ3n) is 10.7. The Morgan fingerprint density at radius 1 is 0.920 bits per heavy atom. The van der Waals surface area contributed by atoms with Crippen LogP contribution in [0.25, 0.3) is 0 Å². The Balaban J connectivity index is 1.42. The number of nitrogens with zero attached hydrogens (tertiary/aromatic N) is 1. The lowest BCUT2D eigenvalue weighted by atomic mass is 9.44. The summed E-state index contributed by atoms with van der Waals surface area (Å²) in [5.74, 6) is 5.17. The van der Waals surface area contributed by atoms with Crippen LogP contribution in [0.15, 0.2) is 0 Å². The molecule has 0 bridgehead atoms. The molecule has 5 rings (SSSR count). The van der Waals surface area contributed by atoms with Gasteiger partial charge < -0.3 is 10.2 Å². The molecule has 5 fully saturated rings. The third kappa shape index (κ3) is 2.16. The number of rotatable bonds is 1. The molecule has 0 aromatic heterocycles. The van der Waals surface area contributed by atoms with Gasteiger partial charge in [0.1, 0.15) is 0 Å². The summed E-state index contributed by atoms with van der Waals surface area (Å²) in [6, 6.07) is 1.63. The highest BCUT2D eigenvalue weighted by Crippen LogP contribution is 2.69. The monoisotopic (exact) mass is 344 g/mol. The molecule has 0 unspecified atom stereocenters. The maximum atomic E-state index is 3.60. The molecule has 0 amide bonds. The first-order valence-electron chi connectivity index (χ1n) is 11.4. The van der Waals surface area contributed by atoms with E-state index in [9.17, 15) is 0 Å². The van der Waals surface area contributed by atoms with Gasteiger partial charge in [0, 0.05) is 18.6 Å². The first-order chi connectivity index (χ1) is 12.0. The molecular formula is C23H40N2. The summed E-state index contributed by atoms with van der Waals surface area (Å²) in [5, 5.41) is 3.60. The average molecular weight is 345 g/mol. The Morgan fingerprint density at radius 3 is 2.52 bits per heavy atom. The molecule has 0 aromatic rings. The second kappa shape index (κ2) is 5.71. The topological polar surface area (TPSA) is 15.3 Å². The lowest BCUT2D eigenvalue weighted by molar-refractivity contribution is -0.113. The molecule has 4 saturated carbocycles. The molecule has 25 heavy (non-hydrogen) atoms. The Bertz CT molecular complexity index is 532. The van der Waals surface area contributed by atoms with E-state index in [0.29, 0.717) is 10.8 Å². The number of nitrogens with one attached hydrogen (secondary N) is 1. The predicted molar refractivity (Wildman–Crippen MR) is 104 cm³/mol. The highest BCUT2D eigenvalue weighted by Gasteiger charge is 2.64. The minimum atomic E-state index is 0.659. The first-order valence-corrected chi connectivity index (χ1v) is 11.4. The summed E-state index contributed by atoms with van der Waals surface area (Å²) in [6.45, 7) is 6.65. The quantitative estimate of drug-likeness (QED) is 0.751. The molecule has 0 radical (unpaired) electrons. The second-order valence-corrected chi connectivity index (χ2v) is 11.0. The number of hydrogen-bond acceptors (Lipinski definition) is 2.